The lowest BCUT2D eigenvalue weighted by molar-refractivity contribution is -0.138. The maximum Gasteiger partial charge on any atom is 0.317 e. The van der Waals surface area contributed by atoms with Crippen molar-refractivity contribution >= 4 is 17.9 Å². The van der Waals surface area contributed by atoms with Crippen molar-refractivity contribution in [2.24, 2.45) is 0 Å². The summed E-state index contributed by atoms with van der Waals surface area (Å²) in [6.07, 6.45) is 2.67. The molecular formula is C13H21N3O4. The molecule has 0 saturated carbocycles. The van der Waals surface area contributed by atoms with Gasteiger partial charge in [-0.3, -0.25) is 9.59 Å². The molecule has 2 aliphatic rings. The molecule has 2 fully saturated rings. The zero-order valence-corrected chi connectivity index (χ0v) is 11.7. The van der Waals surface area contributed by atoms with Gasteiger partial charge < -0.3 is 20.2 Å². The van der Waals surface area contributed by atoms with Gasteiger partial charge in [0.25, 0.3) is 0 Å². The molecule has 0 aliphatic carbocycles. The van der Waals surface area contributed by atoms with Gasteiger partial charge >= 0.3 is 12.0 Å². The van der Waals surface area contributed by atoms with E-state index in [1.807, 2.05) is 0 Å². The number of nitrogens with zero attached hydrogens (tertiary/aromatic N) is 2. The highest BCUT2D eigenvalue weighted by molar-refractivity contribution is 5.79. The number of piperidine rings is 1. The van der Waals surface area contributed by atoms with E-state index in [2.05, 4.69) is 5.32 Å². The lowest BCUT2D eigenvalue weighted by Gasteiger charge is -2.32. The van der Waals surface area contributed by atoms with Crippen LogP contribution < -0.4 is 5.32 Å². The molecule has 0 aromatic heterocycles. The van der Waals surface area contributed by atoms with Crippen molar-refractivity contribution in [3.63, 3.8) is 0 Å². The third kappa shape index (κ3) is 3.40. The summed E-state index contributed by atoms with van der Waals surface area (Å²) in [6, 6.07) is -0.465. The molecule has 0 aromatic carbocycles. The molecule has 20 heavy (non-hydrogen) atoms. The fourth-order valence-corrected chi connectivity index (χ4v) is 2.90. The number of likely N-dealkylation sites (tertiary alicyclic amines) is 2. The van der Waals surface area contributed by atoms with E-state index in [-0.39, 0.29) is 30.4 Å². The quantitative estimate of drug-likeness (QED) is 0.777. The van der Waals surface area contributed by atoms with Crippen LogP contribution in [0.4, 0.5) is 4.79 Å². The first-order valence-electron chi connectivity index (χ1n) is 7.00. The number of aliphatic carboxylic acids is 1. The Labute approximate surface area is 117 Å². The summed E-state index contributed by atoms with van der Waals surface area (Å²) < 4.78 is 0. The minimum Gasteiger partial charge on any atom is -0.481 e. The second-order valence-corrected chi connectivity index (χ2v) is 5.55. The van der Waals surface area contributed by atoms with E-state index in [9.17, 15) is 14.4 Å². The Kier molecular flexibility index (Phi) is 4.46. The van der Waals surface area contributed by atoms with E-state index < -0.39 is 5.97 Å². The van der Waals surface area contributed by atoms with Crippen molar-refractivity contribution < 1.29 is 19.5 Å². The second-order valence-electron chi connectivity index (χ2n) is 5.55. The van der Waals surface area contributed by atoms with Crippen molar-refractivity contribution in [2.75, 3.05) is 20.1 Å². The normalized spacial score (nSPS) is 26.8. The number of carboxylic acid groups (broad SMARTS) is 1. The first-order chi connectivity index (χ1) is 9.47. The zero-order chi connectivity index (χ0) is 14.7. The summed E-state index contributed by atoms with van der Waals surface area (Å²) in [6.45, 7) is 1.12. The van der Waals surface area contributed by atoms with Gasteiger partial charge in [-0.2, -0.15) is 0 Å². The van der Waals surface area contributed by atoms with Crippen LogP contribution in [0.5, 0.6) is 0 Å². The lowest BCUT2D eigenvalue weighted by atomic mass is 10.1. The average Bonchev–Trinajstić information content (AvgIpc) is 2.81. The van der Waals surface area contributed by atoms with Gasteiger partial charge in [0.2, 0.25) is 5.91 Å². The van der Waals surface area contributed by atoms with E-state index in [1.54, 1.807) is 16.8 Å². The van der Waals surface area contributed by atoms with Gasteiger partial charge in [-0.15, -0.1) is 0 Å². The maximum atomic E-state index is 12.2. The molecule has 0 aromatic rings. The Bertz CT molecular complexity index is 412. The molecular weight excluding hydrogens is 262 g/mol. The molecule has 112 valence electrons. The summed E-state index contributed by atoms with van der Waals surface area (Å²) in [4.78, 5) is 37.6. The molecule has 7 heteroatoms. The Morgan fingerprint density at radius 2 is 2.15 bits per heavy atom. The van der Waals surface area contributed by atoms with E-state index in [0.29, 0.717) is 25.9 Å². The Balaban J connectivity index is 1.87. The van der Waals surface area contributed by atoms with Gasteiger partial charge in [0, 0.05) is 38.6 Å². The molecule has 2 N–H and O–H groups in total. The highest BCUT2D eigenvalue weighted by atomic mass is 16.4. The molecule has 0 radical (unpaired) electrons. The van der Waals surface area contributed by atoms with Gasteiger partial charge in [-0.25, -0.2) is 4.79 Å². The molecule has 2 atom stereocenters. The van der Waals surface area contributed by atoms with E-state index in [1.165, 1.54) is 0 Å². The Morgan fingerprint density at radius 3 is 2.80 bits per heavy atom. The molecule has 0 bridgehead atoms. The predicted octanol–water partition coefficient (Wildman–Crippen LogP) is 0.256. The number of carboxylic acids is 1. The van der Waals surface area contributed by atoms with Crippen molar-refractivity contribution in [1.82, 2.24) is 15.1 Å². The number of urea groups is 1. The highest BCUT2D eigenvalue weighted by Crippen LogP contribution is 2.20. The monoisotopic (exact) mass is 283 g/mol. The second kappa shape index (κ2) is 6.11. The van der Waals surface area contributed by atoms with Crippen LogP contribution in [0.3, 0.4) is 0 Å². The molecule has 7 nitrogen and oxygen atoms in total. The maximum absolute atomic E-state index is 12.2. The lowest BCUT2D eigenvalue weighted by Crippen LogP contribution is -2.53. The molecule has 2 aliphatic heterocycles. The number of amides is 3. The van der Waals surface area contributed by atoms with Crippen LogP contribution in [-0.2, 0) is 9.59 Å². The topological polar surface area (TPSA) is 90.0 Å². The molecule has 2 heterocycles. The third-order valence-corrected chi connectivity index (χ3v) is 4.00. The first kappa shape index (κ1) is 14.6. The Hall–Kier alpha value is -1.79. The minimum absolute atomic E-state index is 0.00350. The molecule has 2 rings (SSSR count). The van der Waals surface area contributed by atoms with Crippen LogP contribution in [-0.4, -0.2) is 65.0 Å². The minimum atomic E-state index is -0.877. The zero-order valence-electron chi connectivity index (χ0n) is 11.7. The fourth-order valence-electron chi connectivity index (χ4n) is 2.90. The summed E-state index contributed by atoms with van der Waals surface area (Å²) in [7, 11) is 1.73. The predicted molar refractivity (Wildman–Crippen MR) is 71.2 cm³/mol. The van der Waals surface area contributed by atoms with Gasteiger partial charge in [0.1, 0.15) is 0 Å². The number of nitrogens with one attached hydrogen (secondary N) is 1. The van der Waals surface area contributed by atoms with Crippen LogP contribution in [0.2, 0.25) is 0 Å². The Morgan fingerprint density at radius 1 is 1.40 bits per heavy atom. The summed E-state index contributed by atoms with van der Waals surface area (Å²) >= 11 is 0. The van der Waals surface area contributed by atoms with Crippen LogP contribution in [0.15, 0.2) is 0 Å². The average molecular weight is 283 g/mol. The van der Waals surface area contributed by atoms with E-state index in [0.717, 1.165) is 12.8 Å². The van der Waals surface area contributed by atoms with Gasteiger partial charge in [0.15, 0.2) is 0 Å². The first-order valence-corrected chi connectivity index (χ1v) is 7.00. The number of carbonyl (C=O) groups is 3. The molecule has 2 unspecified atom stereocenters. The van der Waals surface area contributed by atoms with E-state index >= 15 is 0 Å². The highest BCUT2D eigenvalue weighted by Gasteiger charge is 2.32. The number of likely N-dealkylation sites (N-methyl/N-ethyl adjacent to an activating group) is 1. The summed E-state index contributed by atoms with van der Waals surface area (Å²) in [5.41, 5.74) is 0. The third-order valence-electron chi connectivity index (χ3n) is 4.00. The van der Waals surface area contributed by atoms with Gasteiger partial charge in [0.05, 0.1) is 6.42 Å². The molecule has 2 saturated heterocycles. The number of hydrogen-bond acceptors (Lipinski definition) is 3. The van der Waals surface area contributed by atoms with Crippen LogP contribution in [0.25, 0.3) is 0 Å². The largest absolute Gasteiger partial charge is 0.481 e. The molecule has 3 amide bonds. The summed E-state index contributed by atoms with van der Waals surface area (Å²) in [5, 5.41) is 11.8. The van der Waals surface area contributed by atoms with Crippen molar-refractivity contribution in [3.05, 3.63) is 0 Å². The number of carbonyl (C=O) groups excluding carboxylic acids is 2. The van der Waals surface area contributed by atoms with Crippen molar-refractivity contribution in [2.45, 2.75) is 44.2 Å². The smallest absolute Gasteiger partial charge is 0.317 e. The number of rotatable bonds is 3. The SMILES string of the molecule is CN1CC(NC(=O)N2CCCC2CC(=O)O)CCC1=O. The fraction of sp³-hybridized carbons (Fsp3) is 0.769. The number of hydrogen-bond donors (Lipinski definition) is 2. The molecule has 0 spiro atoms. The van der Waals surface area contributed by atoms with Crippen molar-refractivity contribution in [3.8, 4) is 0 Å². The van der Waals surface area contributed by atoms with Crippen molar-refractivity contribution in [1.29, 1.82) is 0 Å². The van der Waals surface area contributed by atoms with Gasteiger partial charge in [-0.05, 0) is 19.3 Å². The van der Waals surface area contributed by atoms with Gasteiger partial charge in [-0.1, -0.05) is 0 Å². The summed E-state index contributed by atoms with van der Waals surface area (Å²) in [5.74, 6) is -0.780. The van der Waals surface area contributed by atoms with Crippen LogP contribution in [0, 0.1) is 0 Å². The van der Waals surface area contributed by atoms with Crippen LogP contribution >= 0.6 is 0 Å². The van der Waals surface area contributed by atoms with Crippen LogP contribution in [0.1, 0.15) is 32.1 Å². The standard InChI is InChI=1S/C13H21N3O4/c1-15-8-9(4-5-11(15)17)14-13(20)16-6-2-3-10(16)7-12(18)19/h9-10H,2-8H2,1H3,(H,14,20)(H,18,19). The van der Waals surface area contributed by atoms with E-state index in [4.69, 9.17) is 5.11 Å².